The molecule has 5 heterocycles. The van der Waals surface area contributed by atoms with E-state index in [0.29, 0.717) is 46.1 Å². The number of hydrogen-bond acceptors (Lipinski definition) is 10. The minimum Gasteiger partial charge on any atom is -0.311 e. The molecular weight excluding hydrogens is 1270 g/mol. The summed E-state index contributed by atoms with van der Waals surface area (Å²) in [7, 11) is 0. The van der Waals surface area contributed by atoms with Gasteiger partial charge in [-0.2, -0.15) is 10.5 Å². The van der Waals surface area contributed by atoms with Gasteiger partial charge in [0.15, 0.2) is 34.9 Å². The maximum Gasteiger partial charge on any atom is 0.252 e. The van der Waals surface area contributed by atoms with Crippen molar-refractivity contribution < 1.29 is 0 Å². The predicted molar refractivity (Wildman–Crippen MR) is 420 cm³/mol. The second-order valence-electron chi connectivity index (χ2n) is 26.0. The van der Waals surface area contributed by atoms with Crippen LogP contribution in [-0.4, -0.2) is 41.2 Å². The second kappa shape index (κ2) is 25.4. The molecule has 3 aromatic heterocycles. The molecule has 0 aliphatic carbocycles. The molecule has 0 N–H and O–H groups in total. The lowest BCUT2D eigenvalue weighted by atomic mass is 9.33. The topological polar surface area (TPSA) is 136 Å². The first-order valence-electron chi connectivity index (χ1n) is 34.6. The van der Waals surface area contributed by atoms with Crippen LogP contribution in [0.15, 0.2) is 340 Å². The number of benzene rings is 14. The summed E-state index contributed by atoms with van der Waals surface area (Å²) in [4.78, 5) is 36.3. The Morgan fingerprint density at radius 2 is 0.606 bits per heavy atom. The Kier molecular flexibility index (Phi) is 14.8. The lowest BCUT2D eigenvalue weighted by Gasteiger charge is -2.44. The van der Waals surface area contributed by atoms with E-state index in [-0.39, 0.29) is 6.71 Å². The van der Waals surface area contributed by atoms with Crippen LogP contribution in [-0.2, 0) is 0 Å². The summed E-state index contributed by atoms with van der Waals surface area (Å²) in [6.07, 6.45) is 0. The summed E-state index contributed by atoms with van der Waals surface area (Å²) in [6.45, 7) is -0.361. The van der Waals surface area contributed by atoms with Crippen molar-refractivity contribution in [1.82, 2.24) is 34.5 Å². The summed E-state index contributed by atoms with van der Waals surface area (Å²) in [6, 6.07) is 122. The SMILES string of the molecule is N#Cc1ccc2c(c1)B1c3cc(C#N)ccc3N(c3ccc(-c4ccccc4)cc3)c3cc(-c4ccc5c(c4)c4ccccc4n5-c4ccc(-c5nc(-c6ccccc6)nc(-c6ccccc6)n5)cc4-c4nc(-c5ccccc5)nc(-c5ccccc5)n4)cc(c31)N2c1ccc(-c2ccccc2)cc1. The van der Waals surface area contributed by atoms with Crippen molar-refractivity contribution in [2.45, 2.75) is 0 Å². The summed E-state index contributed by atoms with van der Waals surface area (Å²) in [5.74, 6) is 3.11. The minimum atomic E-state index is -0.361. The molecule has 482 valence electrons. The number of hydrogen-bond donors (Lipinski definition) is 0. The summed E-state index contributed by atoms with van der Waals surface area (Å²) < 4.78 is 2.34. The van der Waals surface area contributed by atoms with Gasteiger partial charge >= 0.3 is 0 Å². The predicted octanol–water partition coefficient (Wildman–Crippen LogP) is 20.0. The highest BCUT2D eigenvalue weighted by Gasteiger charge is 2.44. The molecule has 12 heteroatoms. The van der Waals surface area contributed by atoms with Crippen LogP contribution in [0.5, 0.6) is 0 Å². The van der Waals surface area contributed by atoms with Crippen LogP contribution in [0.25, 0.3) is 129 Å². The normalized spacial score (nSPS) is 12.0. The van der Waals surface area contributed by atoms with Gasteiger partial charge in [-0.1, -0.05) is 231 Å². The summed E-state index contributed by atoms with van der Waals surface area (Å²) >= 11 is 0. The van der Waals surface area contributed by atoms with Crippen molar-refractivity contribution in [3.05, 3.63) is 351 Å². The Bertz CT molecular complexity index is 6010. The molecule has 17 aromatic rings. The summed E-state index contributed by atoms with van der Waals surface area (Å²) in [5, 5.41) is 23.5. The molecule has 0 unspecified atom stereocenters. The molecule has 11 nitrogen and oxygen atoms in total. The number of rotatable bonds is 12. The zero-order chi connectivity index (χ0) is 69.2. The molecule has 19 rings (SSSR count). The monoisotopic (exact) mass is 1330 g/mol. The summed E-state index contributed by atoms with van der Waals surface area (Å²) in [5.41, 5.74) is 24.0. The number of aromatic nitrogens is 7. The van der Waals surface area contributed by atoms with Crippen molar-refractivity contribution in [2.75, 3.05) is 9.80 Å². The van der Waals surface area contributed by atoms with Gasteiger partial charge < -0.3 is 14.4 Å². The molecule has 0 spiro atoms. The molecule has 0 atom stereocenters. The molecule has 2 aliphatic rings. The van der Waals surface area contributed by atoms with Gasteiger partial charge in [0, 0.05) is 78.3 Å². The molecule has 104 heavy (non-hydrogen) atoms. The molecule has 14 aromatic carbocycles. The van der Waals surface area contributed by atoms with Crippen LogP contribution >= 0.6 is 0 Å². The highest BCUT2D eigenvalue weighted by molar-refractivity contribution is 7.00. The van der Waals surface area contributed by atoms with Crippen LogP contribution in [0, 0.1) is 22.7 Å². The third-order valence-corrected chi connectivity index (χ3v) is 19.9. The Balaban J connectivity index is 0.845. The van der Waals surface area contributed by atoms with E-state index in [1.807, 2.05) is 158 Å². The fraction of sp³-hybridized carbons (Fsp3) is 0. The van der Waals surface area contributed by atoms with Crippen molar-refractivity contribution in [2.24, 2.45) is 0 Å². The third-order valence-electron chi connectivity index (χ3n) is 19.9. The van der Waals surface area contributed by atoms with Gasteiger partial charge in [-0.05, 0) is 159 Å². The highest BCUT2D eigenvalue weighted by atomic mass is 15.2. The van der Waals surface area contributed by atoms with E-state index in [0.717, 1.165) is 145 Å². The standard InChI is InChI=1S/C92H56BN11/c94-57-59-35-47-82-77(51-59)93-78-52-60(58-95)36-48-83(78)103(73-45-39-64(40-46-73)62-23-9-2-10-24-62)85-56-71(55-84(86(85)93)102(82)72-43-37-63(38-44-72)61-21-7-1-8-22-61)69-41-49-80-75(53-69)74-33-19-20-34-79(74)104(80)81-50-42-70(91-98-87(65-25-11-3-12-26-65)96-88(99-91)66-27-13-4-14-28-66)54-76(81)92-100-89(67-29-15-5-16-30-67)97-90(101-92)68-31-17-6-18-32-68/h1-56H. The highest BCUT2D eigenvalue weighted by Crippen LogP contribution is 2.48. The first-order chi connectivity index (χ1) is 51.4. The van der Waals surface area contributed by atoms with Crippen LogP contribution < -0.4 is 26.2 Å². The first kappa shape index (κ1) is 60.7. The number of para-hydroxylation sites is 1. The zero-order valence-corrected chi connectivity index (χ0v) is 55.8. The van der Waals surface area contributed by atoms with E-state index in [1.54, 1.807) is 0 Å². The van der Waals surface area contributed by atoms with E-state index in [1.165, 1.54) is 0 Å². The lowest BCUT2D eigenvalue weighted by Crippen LogP contribution is -2.61. The fourth-order valence-corrected chi connectivity index (χ4v) is 15.1. The van der Waals surface area contributed by atoms with Crippen LogP contribution in [0.3, 0.4) is 0 Å². The van der Waals surface area contributed by atoms with Gasteiger partial charge in [-0.25, -0.2) is 29.9 Å². The molecule has 0 saturated carbocycles. The van der Waals surface area contributed by atoms with Crippen LogP contribution in [0.1, 0.15) is 11.1 Å². The molecule has 0 amide bonds. The van der Waals surface area contributed by atoms with E-state index in [9.17, 15) is 10.5 Å². The van der Waals surface area contributed by atoms with Crippen molar-refractivity contribution >= 4 is 79.0 Å². The number of nitrogens with zero attached hydrogens (tertiary/aromatic N) is 11. The van der Waals surface area contributed by atoms with Crippen LogP contribution in [0.4, 0.5) is 34.1 Å². The van der Waals surface area contributed by atoms with Gasteiger partial charge in [0.05, 0.1) is 40.0 Å². The average molecular weight is 1330 g/mol. The van der Waals surface area contributed by atoms with Gasteiger partial charge in [0.25, 0.3) is 6.71 Å². The van der Waals surface area contributed by atoms with Crippen molar-refractivity contribution in [3.63, 3.8) is 0 Å². The zero-order valence-electron chi connectivity index (χ0n) is 55.8. The lowest BCUT2D eigenvalue weighted by molar-refractivity contribution is 1.06. The Morgan fingerprint density at radius 3 is 1.05 bits per heavy atom. The molecule has 0 fully saturated rings. The van der Waals surface area contributed by atoms with E-state index < -0.39 is 0 Å². The molecule has 0 saturated heterocycles. The maximum absolute atomic E-state index is 10.7. The van der Waals surface area contributed by atoms with Crippen LogP contribution in [0.2, 0.25) is 0 Å². The van der Waals surface area contributed by atoms with E-state index in [2.05, 4.69) is 208 Å². The number of fused-ring (bicyclic) bond motifs is 7. The van der Waals surface area contributed by atoms with Gasteiger partial charge in [0.2, 0.25) is 0 Å². The van der Waals surface area contributed by atoms with Gasteiger partial charge in [0.1, 0.15) is 0 Å². The van der Waals surface area contributed by atoms with Gasteiger partial charge in [-0.15, -0.1) is 0 Å². The average Bonchev–Trinajstić information content (AvgIpc) is 0.883. The number of anilines is 6. The Morgan fingerprint density at radius 1 is 0.250 bits per heavy atom. The fourth-order valence-electron chi connectivity index (χ4n) is 15.1. The van der Waals surface area contributed by atoms with Gasteiger partial charge in [-0.3, -0.25) is 0 Å². The molecule has 0 bridgehead atoms. The Labute approximate surface area is 600 Å². The smallest absolute Gasteiger partial charge is 0.252 e. The maximum atomic E-state index is 10.7. The van der Waals surface area contributed by atoms with Crippen molar-refractivity contribution in [1.29, 1.82) is 10.5 Å². The minimum absolute atomic E-state index is 0.361. The third kappa shape index (κ3) is 10.6. The largest absolute Gasteiger partial charge is 0.311 e. The van der Waals surface area contributed by atoms with Crippen molar-refractivity contribution in [3.8, 4) is 120 Å². The van der Waals surface area contributed by atoms with E-state index in [4.69, 9.17) is 29.9 Å². The quantitative estimate of drug-likeness (QED) is 0.109. The molecule has 2 aliphatic heterocycles. The second-order valence-corrected chi connectivity index (χ2v) is 26.0. The first-order valence-corrected chi connectivity index (χ1v) is 34.6. The van der Waals surface area contributed by atoms with E-state index >= 15 is 0 Å². The number of nitriles is 2. The molecule has 0 radical (unpaired) electrons. The Hall–Kier alpha value is -14.5. The molecular formula is C92H56BN11.